The fourth-order valence-electron chi connectivity index (χ4n) is 3.94. The number of oxime groups is 1. The number of ether oxygens (including phenoxy) is 2. The number of aromatic nitrogens is 1. The van der Waals surface area contributed by atoms with Crippen LogP contribution in [0.25, 0.3) is 0 Å². The first-order valence-corrected chi connectivity index (χ1v) is 10.4. The summed E-state index contributed by atoms with van der Waals surface area (Å²) in [5, 5.41) is 7.18. The van der Waals surface area contributed by atoms with Crippen molar-refractivity contribution in [3.63, 3.8) is 0 Å². The Morgan fingerprint density at radius 1 is 1.12 bits per heavy atom. The second-order valence-electron chi connectivity index (χ2n) is 7.33. The molecule has 164 valence electrons. The molecular weight excluding hydrogens is 406 g/mol. The van der Waals surface area contributed by atoms with Gasteiger partial charge in [0.25, 0.3) is 5.91 Å². The predicted octanol–water partition coefficient (Wildman–Crippen LogP) is 3.88. The van der Waals surface area contributed by atoms with Gasteiger partial charge in [0, 0.05) is 12.8 Å². The minimum absolute atomic E-state index is 0.192. The Hall–Kier alpha value is -3.71. The average molecular weight is 431 g/mol. The number of amidine groups is 1. The van der Waals surface area contributed by atoms with Crippen LogP contribution in [-0.4, -0.2) is 37.1 Å². The van der Waals surface area contributed by atoms with Gasteiger partial charge in [-0.15, -0.1) is 0 Å². The molecule has 4 rings (SSSR count). The maximum absolute atomic E-state index is 13.0. The second kappa shape index (κ2) is 9.62. The molecule has 0 radical (unpaired) electrons. The van der Waals surface area contributed by atoms with Crippen molar-refractivity contribution in [3.8, 4) is 5.75 Å². The lowest BCUT2D eigenvalue weighted by atomic mass is 9.72. The normalized spacial score (nSPS) is 18.4. The number of hydrogen-bond acceptors (Lipinski definition) is 6. The molecule has 2 heterocycles. The monoisotopic (exact) mass is 431 g/mol. The summed E-state index contributed by atoms with van der Waals surface area (Å²) in [7, 11) is 1.62. The van der Waals surface area contributed by atoms with Crippen LogP contribution in [-0.2, 0) is 15.0 Å². The van der Waals surface area contributed by atoms with Gasteiger partial charge < -0.3 is 19.6 Å². The first-order valence-electron chi connectivity index (χ1n) is 10.4. The third kappa shape index (κ3) is 4.07. The lowest BCUT2D eigenvalue weighted by Crippen LogP contribution is -2.51. The maximum Gasteiger partial charge on any atom is 0.275 e. The molecule has 2 unspecified atom stereocenters. The molecule has 3 aromatic rings. The number of benzene rings is 2. The van der Waals surface area contributed by atoms with E-state index in [0.29, 0.717) is 18.2 Å². The molecule has 7 heteroatoms. The highest BCUT2D eigenvalue weighted by Crippen LogP contribution is 2.44. The summed E-state index contributed by atoms with van der Waals surface area (Å²) in [6, 6.07) is 22.7. The van der Waals surface area contributed by atoms with E-state index in [1.165, 1.54) is 0 Å². The van der Waals surface area contributed by atoms with E-state index in [-0.39, 0.29) is 18.2 Å². The predicted molar refractivity (Wildman–Crippen MR) is 121 cm³/mol. The summed E-state index contributed by atoms with van der Waals surface area (Å²) in [4.78, 5) is 22.8. The zero-order valence-electron chi connectivity index (χ0n) is 18.0. The molecule has 0 fully saturated rings. The van der Waals surface area contributed by atoms with E-state index in [0.717, 1.165) is 11.1 Å². The molecule has 1 amide bonds. The van der Waals surface area contributed by atoms with Crippen LogP contribution in [0.2, 0.25) is 0 Å². The maximum atomic E-state index is 13.0. The minimum Gasteiger partial charge on any atom is -0.497 e. The van der Waals surface area contributed by atoms with Crippen LogP contribution in [0.1, 0.15) is 34.6 Å². The van der Waals surface area contributed by atoms with E-state index in [1.54, 1.807) is 31.5 Å². The van der Waals surface area contributed by atoms with Gasteiger partial charge in [0.05, 0.1) is 7.11 Å². The molecular formula is C25H25N3O4. The molecule has 0 aliphatic carbocycles. The van der Waals surface area contributed by atoms with Gasteiger partial charge in [-0.05, 0) is 42.3 Å². The van der Waals surface area contributed by atoms with Gasteiger partial charge in [-0.2, -0.15) is 0 Å². The molecule has 1 N–H and O–H groups in total. The van der Waals surface area contributed by atoms with Crippen molar-refractivity contribution in [2.45, 2.75) is 18.4 Å². The van der Waals surface area contributed by atoms with E-state index >= 15 is 0 Å². The van der Waals surface area contributed by atoms with E-state index in [9.17, 15) is 4.79 Å². The number of hydrogen-bond donors (Lipinski definition) is 1. The summed E-state index contributed by atoms with van der Waals surface area (Å²) in [5.41, 5.74) is 1.18. The number of carbonyl (C=O) groups is 1. The largest absolute Gasteiger partial charge is 0.497 e. The zero-order valence-corrected chi connectivity index (χ0v) is 18.0. The van der Waals surface area contributed by atoms with Gasteiger partial charge in [0.2, 0.25) is 0 Å². The molecule has 0 saturated heterocycles. The van der Waals surface area contributed by atoms with Crippen molar-refractivity contribution in [1.82, 2.24) is 10.3 Å². The highest BCUT2D eigenvalue weighted by Gasteiger charge is 2.52. The second-order valence-corrected chi connectivity index (χ2v) is 7.33. The number of nitrogens with zero attached hydrogens (tertiary/aromatic N) is 2. The molecule has 0 bridgehead atoms. The van der Waals surface area contributed by atoms with E-state index < -0.39 is 11.5 Å². The lowest BCUT2D eigenvalue weighted by molar-refractivity contribution is 0.00158. The van der Waals surface area contributed by atoms with Crippen LogP contribution in [0.3, 0.4) is 0 Å². The summed E-state index contributed by atoms with van der Waals surface area (Å²) < 4.78 is 11.8. The Morgan fingerprint density at radius 2 is 1.94 bits per heavy atom. The molecule has 0 spiro atoms. The smallest absolute Gasteiger partial charge is 0.275 e. The lowest BCUT2D eigenvalue weighted by Gasteiger charge is -2.37. The van der Waals surface area contributed by atoms with Gasteiger partial charge in [0.15, 0.2) is 5.84 Å². The van der Waals surface area contributed by atoms with Gasteiger partial charge in [-0.3, -0.25) is 9.78 Å². The fourth-order valence-corrected chi connectivity index (χ4v) is 3.94. The fraction of sp³-hybridized carbons (Fsp3) is 0.240. The van der Waals surface area contributed by atoms with E-state index in [1.807, 2.05) is 61.5 Å². The zero-order chi connectivity index (χ0) is 22.4. The Bertz CT molecular complexity index is 1090. The quantitative estimate of drug-likeness (QED) is 0.614. The SMILES string of the molecule is CCOC(c1ccccc1)C1(c2cccc(OC)c2)CON=C1NC(=O)c1ccccn1. The minimum atomic E-state index is -0.906. The first-order chi connectivity index (χ1) is 15.7. The van der Waals surface area contributed by atoms with Crippen LogP contribution in [0.5, 0.6) is 5.75 Å². The number of rotatable bonds is 7. The van der Waals surface area contributed by atoms with Gasteiger partial charge >= 0.3 is 0 Å². The highest BCUT2D eigenvalue weighted by atomic mass is 16.6. The van der Waals surface area contributed by atoms with Gasteiger partial charge in [-0.1, -0.05) is 53.7 Å². The molecule has 32 heavy (non-hydrogen) atoms. The number of nitrogens with one attached hydrogen (secondary N) is 1. The van der Waals surface area contributed by atoms with Crippen molar-refractivity contribution >= 4 is 11.7 Å². The third-order valence-corrected chi connectivity index (χ3v) is 5.47. The molecule has 7 nitrogen and oxygen atoms in total. The molecule has 0 saturated carbocycles. The summed E-state index contributed by atoms with van der Waals surface area (Å²) in [5.74, 6) is 0.682. The molecule has 1 aliphatic heterocycles. The topological polar surface area (TPSA) is 82.0 Å². The third-order valence-electron chi connectivity index (χ3n) is 5.47. The van der Waals surface area contributed by atoms with Crippen LogP contribution in [0.4, 0.5) is 0 Å². The Kier molecular flexibility index (Phi) is 6.47. The van der Waals surface area contributed by atoms with Crippen molar-refractivity contribution in [2.75, 3.05) is 20.3 Å². The molecule has 1 aromatic heterocycles. The van der Waals surface area contributed by atoms with Crippen LogP contribution < -0.4 is 10.1 Å². The number of methoxy groups -OCH3 is 1. The van der Waals surface area contributed by atoms with Crippen LogP contribution >= 0.6 is 0 Å². The van der Waals surface area contributed by atoms with Crippen molar-refractivity contribution < 1.29 is 19.1 Å². The standard InChI is InChI=1S/C25H25N3O4/c1-3-31-22(18-10-5-4-6-11-18)25(19-12-9-13-20(16-19)30-2)17-32-28-24(25)27-23(29)21-14-7-8-15-26-21/h4-16,22H,3,17H2,1-2H3,(H,27,28,29). The van der Waals surface area contributed by atoms with E-state index in [2.05, 4.69) is 15.5 Å². The summed E-state index contributed by atoms with van der Waals surface area (Å²) in [6.45, 7) is 2.60. The van der Waals surface area contributed by atoms with Crippen LogP contribution in [0, 0.1) is 0 Å². The van der Waals surface area contributed by atoms with Gasteiger partial charge in [0.1, 0.15) is 29.6 Å². The molecule has 1 aliphatic rings. The van der Waals surface area contributed by atoms with E-state index in [4.69, 9.17) is 14.3 Å². The van der Waals surface area contributed by atoms with Gasteiger partial charge in [-0.25, -0.2) is 0 Å². The highest BCUT2D eigenvalue weighted by molar-refractivity contribution is 6.09. The first kappa shape index (κ1) is 21.5. The molecule has 2 aromatic carbocycles. The van der Waals surface area contributed by atoms with Crippen LogP contribution in [0.15, 0.2) is 84.1 Å². The number of carbonyl (C=O) groups excluding carboxylic acids is 1. The summed E-state index contributed by atoms with van der Waals surface area (Å²) in [6.07, 6.45) is 1.11. The van der Waals surface area contributed by atoms with Crippen molar-refractivity contribution in [1.29, 1.82) is 0 Å². The Morgan fingerprint density at radius 3 is 2.66 bits per heavy atom. The number of amides is 1. The molecule has 2 atom stereocenters. The Balaban J connectivity index is 1.83. The number of pyridine rings is 1. The summed E-state index contributed by atoms with van der Waals surface area (Å²) >= 11 is 0. The van der Waals surface area contributed by atoms with Crippen molar-refractivity contribution in [2.24, 2.45) is 5.16 Å². The average Bonchev–Trinajstić information content (AvgIpc) is 3.27. The Labute approximate surface area is 187 Å². The van der Waals surface area contributed by atoms with Crippen molar-refractivity contribution in [3.05, 3.63) is 95.8 Å².